The zero-order valence-electron chi connectivity index (χ0n) is 14.3. The van der Waals surface area contributed by atoms with Gasteiger partial charge in [-0.1, -0.05) is 13.3 Å². The average Bonchev–Trinajstić information content (AvgIpc) is 2.56. The third-order valence-electron chi connectivity index (χ3n) is 4.44. The van der Waals surface area contributed by atoms with Crippen LogP contribution in [0.1, 0.15) is 32.6 Å². The SMILES string of the molecule is CCCN1CCCCC1C(=O)Nc1ccc(N(C)CCO)cc1. The van der Waals surface area contributed by atoms with Gasteiger partial charge in [0, 0.05) is 25.0 Å². The summed E-state index contributed by atoms with van der Waals surface area (Å²) in [5.74, 6) is 0.106. The number of aliphatic hydroxyl groups excluding tert-OH is 1. The van der Waals surface area contributed by atoms with E-state index in [1.165, 1.54) is 6.42 Å². The minimum atomic E-state index is 0.000407. The van der Waals surface area contributed by atoms with Crippen molar-refractivity contribution in [2.24, 2.45) is 0 Å². The molecule has 5 nitrogen and oxygen atoms in total. The fourth-order valence-electron chi connectivity index (χ4n) is 3.15. The van der Waals surface area contributed by atoms with Gasteiger partial charge >= 0.3 is 0 Å². The third-order valence-corrected chi connectivity index (χ3v) is 4.44. The van der Waals surface area contributed by atoms with Crippen LogP contribution in [-0.2, 0) is 4.79 Å². The Balaban J connectivity index is 1.96. The highest BCUT2D eigenvalue weighted by Crippen LogP contribution is 2.21. The molecule has 1 fully saturated rings. The summed E-state index contributed by atoms with van der Waals surface area (Å²) in [5.41, 5.74) is 1.86. The van der Waals surface area contributed by atoms with E-state index in [0.717, 1.165) is 43.7 Å². The Kier molecular flexibility index (Phi) is 6.86. The summed E-state index contributed by atoms with van der Waals surface area (Å²) >= 11 is 0. The van der Waals surface area contributed by atoms with Gasteiger partial charge in [0.1, 0.15) is 0 Å². The first-order chi connectivity index (χ1) is 11.2. The molecule has 1 aromatic carbocycles. The number of piperidine rings is 1. The van der Waals surface area contributed by atoms with Crippen molar-refractivity contribution in [2.75, 3.05) is 43.5 Å². The molecule has 0 aromatic heterocycles. The zero-order valence-corrected chi connectivity index (χ0v) is 14.3. The second-order valence-corrected chi connectivity index (χ2v) is 6.23. The van der Waals surface area contributed by atoms with Crippen LogP contribution in [0.25, 0.3) is 0 Å². The number of hydrogen-bond acceptors (Lipinski definition) is 4. The van der Waals surface area contributed by atoms with Crippen molar-refractivity contribution < 1.29 is 9.90 Å². The van der Waals surface area contributed by atoms with Crippen molar-refractivity contribution in [3.63, 3.8) is 0 Å². The highest BCUT2D eigenvalue weighted by Gasteiger charge is 2.27. The van der Waals surface area contributed by atoms with Crippen LogP contribution < -0.4 is 10.2 Å². The molecular weight excluding hydrogens is 290 g/mol. The largest absolute Gasteiger partial charge is 0.395 e. The van der Waals surface area contributed by atoms with Gasteiger partial charge in [-0.2, -0.15) is 0 Å². The number of nitrogens with zero attached hydrogens (tertiary/aromatic N) is 2. The standard InChI is InChI=1S/C18H29N3O2/c1-3-11-21-12-5-4-6-17(21)18(23)19-15-7-9-16(10-8-15)20(2)13-14-22/h7-10,17,22H,3-6,11-14H2,1-2H3,(H,19,23). The van der Waals surface area contributed by atoms with E-state index < -0.39 is 0 Å². The van der Waals surface area contributed by atoms with Crippen LogP contribution in [0, 0.1) is 0 Å². The zero-order chi connectivity index (χ0) is 16.7. The molecule has 1 amide bonds. The van der Waals surface area contributed by atoms with Gasteiger partial charge in [-0.3, -0.25) is 9.69 Å². The van der Waals surface area contributed by atoms with Gasteiger partial charge in [0.05, 0.1) is 12.6 Å². The average molecular weight is 319 g/mol. The second-order valence-electron chi connectivity index (χ2n) is 6.23. The molecule has 0 aliphatic carbocycles. The molecule has 0 radical (unpaired) electrons. The molecule has 0 spiro atoms. The summed E-state index contributed by atoms with van der Waals surface area (Å²) in [6.07, 6.45) is 4.34. The molecule has 1 saturated heterocycles. The van der Waals surface area contributed by atoms with Crippen molar-refractivity contribution in [2.45, 2.75) is 38.6 Å². The van der Waals surface area contributed by atoms with Gasteiger partial charge in [-0.25, -0.2) is 0 Å². The third kappa shape index (κ3) is 4.94. The van der Waals surface area contributed by atoms with E-state index in [-0.39, 0.29) is 18.6 Å². The molecule has 1 unspecified atom stereocenters. The second kappa shape index (κ2) is 8.89. The molecule has 1 heterocycles. The number of amides is 1. The molecule has 1 aromatic rings. The van der Waals surface area contributed by atoms with E-state index in [9.17, 15) is 4.79 Å². The molecule has 0 bridgehead atoms. The predicted octanol–water partition coefficient (Wildman–Crippen LogP) is 2.32. The van der Waals surface area contributed by atoms with E-state index in [4.69, 9.17) is 5.11 Å². The first kappa shape index (κ1) is 17.8. The first-order valence-corrected chi connectivity index (χ1v) is 8.62. The van der Waals surface area contributed by atoms with Crippen LogP contribution in [0.15, 0.2) is 24.3 Å². The normalized spacial score (nSPS) is 18.7. The lowest BCUT2D eigenvalue weighted by Crippen LogP contribution is -2.47. The smallest absolute Gasteiger partial charge is 0.241 e. The molecular formula is C18H29N3O2. The van der Waals surface area contributed by atoms with Gasteiger partial charge in [0.2, 0.25) is 5.91 Å². The van der Waals surface area contributed by atoms with Crippen LogP contribution in [0.3, 0.4) is 0 Å². The van der Waals surface area contributed by atoms with Gasteiger partial charge < -0.3 is 15.3 Å². The monoisotopic (exact) mass is 319 g/mol. The van der Waals surface area contributed by atoms with Crippen molar-refractivity contribution in [1.82, 2.24) is 4.90 Å². The van der Waals surface area contributed by atoms with Crippen LogP contribution in [0.2, 0.25) is 0 Å². The van der Waals surface area contributed by atoms with Crippen LogP contribution in [-0.4, -0.2) is 55.2 Å². The van der Waals surface area contributed by atoms with Crippen molar-refractivity contribution in [1.29, 1.82) is 0 Å². The number of benzene rings is 1. The summed E-state index contributed by atoms with van der Waals surface area (Å²) in [6.45, 7) is 4.90. The fourth-order valence-corrected chi connectivity index (χ4v) is 3.15. The minimum Gasteiger partial charge on any atom is -0.395 e. The van der Waals surface area contributed by atoms with Gasteiger partial charge in [0.25, 0.3) is 0 Å². The van der Waals surface area contributed by atoms with Crippen LogP contribution in [0.5, 0.6) is 0 Å². The number of hydrogen-bond donors (Lipinski definition) is 2. The number of rotatable bonds is 7. The highest BCUT2D eigenvalue weighted by atomic mass is 16.3. The molecule has 2 N–H and O–H groups in total. The lowest BCUT2D eigenvalue weighted by Gasteiger charge is -2.34. The predicted molar refractivity (Wildman–Crippen MR) is 94.9 cm³/mol. The van der Waals surface area contributed by atoms with Crippen molar-refractivity contribution in [3.05, 3.63) is 24.3 Å². The maximum absolute atomic E-state index is 12.6. The molecule has 1 aliphatic rings. The van der Waals surface area contributed by atoms with E-state index in [1.54, 1.807) is 0 Å². The van der Waals surface area contributed by atoms with Gasteiger partial charge in [0.15, 0.2) is 0 Å². The molecule has 1 atom stereocenters. The molecule has 1 aliphatic heterocycles. The maximum Gasteiger partial charge on any atom is 0.241 e. The topological polar surface area (TPSA) is 55.8 Å². The Bertz CT molecular complexity index is 488. The Labute approximate surface area is 139 Å². The van der Waals surface area contributed by atoms with Crippen molar-refractivity contribution >= 4 is 17.3 Å². The molecule has 2 rings (SSSR count). The summed E-state index contributed by atoms with van der Waals surface area (Å²) in [4.78, 5) is 16.9. The Hall–Kier alpha value is -1.59. The summed E-state index contributed by atoms with van der Waals surface area (Å²) < 4.78 is 0. The Morgan fingerprint density at radius 1 is 1.35 bits per heavy atom. The number of carbonyl (C=O) groups excluding carboxylic acids is 1. The highest BCUT2D eigenvalue weighted by molar-refractivity contribution is 5.95. The molecule has 5 heteroatoms. The van der Waals surface area contributed by atoms with Crippen LogP contribution in [0.4, 0.5) is 11.4 Å². The quantitative estimate of drug-likeness (QED) is 0.810. The summed E-state index contributed by atoms with van der Waals surface area (Å²) in [6, 6.07) is 7.79. The van der Waals surface area contributed by atoms with E-state index in [0.29, 0.717) is 6.54 Å². The number of likely N-dealkylation sites (tertiary alicyclic amines) is 1. The number of aliphatic hydroxyl groups is 1. The van der Waals surface area contributed by atoms with Crippen molar-refractivity contribution in [3.8, 4) is 0 Å². The number of carbonyl (C=O) groups is 1. The Morgan fingerprint density at radius 3 is 2.74 bits per heavy atom. The number of nitrogens with one attached hydrogen (secondary N) is 1. The maximum atomic E-state index is 12.6. The van der Waals surface area contributed by atoms with E-state index in [2.05, 4.69) is 17.1 Å². The van der Waals surface area contributed by atoms with Gasteiger partial charge in [-0.05, 0) is 56.6 Å². The lowest BCUT2D eigenvalue weighted by molar-refractivity contribution is -0.122. The summed E-state index contributed by atoms with van der Waals surface area (Å²) in [7, 11) is 1.94. The van der Waals surface area contributed by atoms with E-state index in [1.807, 2.05) is 36.2 Å². The molecule has 128 valence electrons. The number of likely N-dealkylation sites (N-methyl/N-ethyl adjacent to an activating group) is 1. The Morgan fingerprint density at radius 2 is 2.09 bits per heavy atom. The minimum absolute atomic E-state index is 0.000407. The van der Waals surface area contributed by atoms with Gasteiger partial charge in [-0.15, -0.1) is 0 Å². The van der Waals surface area contributed by atoms with Crippen LogP contribution >= 0.6 is 0 Å². The molecule has 23 heavy (non-hydrogen) atoms. The summed E-state index contributed by atoms with van der Waals surface area (Å²) in [5, 5.41) is 12.0. The number of anilines is 2. The first-order valence-electron chi connectivity index (χ1n) is 8.62. The fraction of sp³-hybridized carbons (Fsp3) is 0.611. The van der Waals surface area contributed by atoms with E-state index >= 15 is 0 Å². The molecule has 0 saturated carbocycles. The lowest BCUT2D eigenvalue weighted by atomic mass is 10.0.